The maximum absolute atomic E-state index is 12.4. The van der Waals surface area contributed by atoms with Gasteiger partial charge in [-0.1, -0.05) is 18.2 Å². The number of nitrogens with zero attached hydrogens (tertiary/aromatic N) is 2. The van der Waals surface area contributed by atoms with E-state index in [9.17, 15) is 4.79 Å². The van der Waals surface area contributed by atoms with Gasteiger partial charge in [-0.3, -0.25) is 14.9 Å². The Kier molecular flexibility index (Phi) is 2.95. The van der Waals surface area contributed by atoms with Gasteiger partial charge >= 0.3 is 0 Å². The predicted molar refractivity (Wildman–Crippen MR) is 77.8 cm³/mol. The van der Waals surface area contributed by atoms with Crippen molar-refractivity contribution in [3.05, 3.63) is 53.5 Å². The number of nitrogens with one attached hydrogen (secondary N) is 2. The highest BCUT2D eigenvalue weighted by Gasteiger charge is 2.14. The normalized spacial score (nSPS) is 10.7. The molecule has 2 N–H and O–H groups in total. The third-order valence-corrected chi connectivity index (χ3v) is 3.24. The van der Waals surface area contributed by atoms with Gasteiger partial charge in [0.25, 0.3) is 5.91 Å². The van der Waals surface area contributed by atoms with E-state index < -0.39 is 0 Å². The van der Waals surface area contributed by atoms with E-state index in [1.54, 1.807) is 12.3 Å². The van der Waals surface area contributed by atoms with Crippen LogP contribution in [0.4, 0.5) is 5.69 Å². The minimum absolute atomic E-state index is 0.179. The highest BCUT2D eigenvalue weighted by Crippen LogP contribution is 2.20. The van der Waals surface area contributed by atoms with E-state index in [4.69, 9.17) is 0 Å². The van der Waals surface area contributed by atoms with Gasteiger partial charge in [0.05, 0.1) is 28.2 Å². The van der Waals surface area contributed by atoms with Gasteiger partial charge in [0.1, 0.15) is 0 Å². The third-order valence-electron chi connectivity index (χ3n) is 3.24. The van der Waals surface area contributed by atoms with Crippen LogP contribution < -0.4 is 5.32 Å². The molecule has 100 valence electrons. The second-order valence-corrected chi connectivity index (χ2v) is 4.64. The van der Waals surface area contributed by atoms with Gasteiger partial charge in [-0.15, -0.1) is 0 Å². The number of para-hydroxylation sites is 1. The average Bonchev–Trinajstić information content (AvgIpc) is 2.78. The number of H-pyrrole nitrogens is 1. The summed E-state index contributed by atoms with van der Waals surface area (Å²) in [5, 5.41) is 10.8. The van der Waals surface area contributed by atoms with E-state index >= 15 is 0 Å². The molecule has 3 rings (SSSR count). The van der Waals surface area contributed by atoms with Crippen molar-refractivity contribution >= 4 is 22.5 Å². The lowest BCUT2D eigenvalue weighted by Gasteiger charge is -2.07. The van der Waals surface area contributed by atoms with Crippen LogP contribution in [0, 0.1) is 13.8 Å². The number of benzene rings is 1. The number of fused-ring (bicyclic) bond motifs is 1. The Morgan fingerprint density at radius 3 is 2.75 bits per heavy atom. The molecule has 2 heterocycles. The zero-order valence-electron chi connectivity index (χ0n) is 11.3. The van der Waals surface area contributed by atoms with Crippen molar-refractivity contribution in [2.75, 3.05) is 5.32 Å². The summed E-state index contributed by atoms with van der Waals surface area (Å²) in [7, 11) is 0. The quantitative estimate of drug-likeness (QED) is 0.749. The number of rotatable bonds is 2. The van der Waals surface area contributed by atoms with Crippen LogP contribution in [0.1, 0.15) is 21.7 Å². The first-order valence-corrected chi connectivity index (χ1v) is 6.33. The lowest BCUT2D eigenvalue weighted by Crippen LogP contribution is -2.13. The summed E-state index contributed by atoms with van der Waals surface area (Å²) in [6.07, 6.45) is 1.69. The lowest BCUT2D eigenvalue weighted by molar-refractivity contribution is 0.102. The summed E-state index contributed by atoms with van der Waals surface area (Å²) in [4.78, 5) is 16.7. The second kappa shape index (κ2) is 4.77. The van der Waals surface area contributed by atoms with Gasteiger partial charge < -0.3 is 5.32 Å². The number of aromatic amines is 1. The molecule has 3 aromatic rings. The smallest absolute Gasteiger partial charge is 0.257 e. The largest absolute Gasteiger partial charge is 0.319 e. The van der Waals surface area contributed by atoms with E-state index in [0.717, 1.165) is 22.5 Å². The first kappa shape index (κ1) is 12.3. The number of carbonyl (C=O) groups is 1. The van der Waals surface area contributed by atoms with Crippen LogP contribution in [-0.4, -0.2) is 21.1 Å². The van der Waals surface area contributed by atoms with Crippen LogP contribution in [0.25, 0.3) is 10.9 Å². The summed E-state index contributed by atoms with van der Waals surface area (Å²) in [5.41, 5.74) is 3.59. The maximum Gasteiger partial charge on any atom is 0.257 e. The van der Waals surface area contributed by atoms with Crippen LogP contribution in [0.5, 0.6) is 0 Å². The summed E-state index contributed by atoms with van der Waals surface area (Å²) in [6.45, 7) is 3.72. The minimum Gasteiger partial charge on any atom is -0.319 e. The molecule has 0 unspecified atom stereocenters. The zero-order valence-corrected chi connectivity index (χ0v) is 11.3. The monoisotopic (exact) mass is 266 g/mol. The highest BCUT2D eigenvalue weighted by atomic mass is 16.1. The van der Waals surface area contributed by atoms with Crippen molar-refractivity contribution in [1.82, 2.24) is 15.2 Å². The number of carbonyl (C=O) groups excluding carboxylic acids is 1. The molecule has 5 heteroatoms. The number of anilines is 1. The molecule has 0 aliphatic heterocycles. The summed E-state index contributed by atoms with van der Waals surface area (Å²) in [6, 6.07) is 9.36. The zero-order chi connectivity index (χ0) is 14.1. The van der Waals surface area contributed by atoms with Crippen molar-refractivity contribution < 1.29 is 4.79 Å². The van der Waals surface area contributed by atoms with Gasteiger partial charge in [-0.2, -0.15) is 5.10 Å². The molecule has 0 bridgehead atoms. The molecular weight excluding hydrogens is 252 g/mol. The topological polar surface area (TPSA) is 70.7 Å². The van der Waals surface area contributed by atoms with E-state index in [-0.39, 0.29) is 5.91 Å². The van der Waals surface area contributed by atoms with Crippen molar-refractivity contribution in [2.24, 2.45) is 0 Å². The first-order chi connectivity index (χ1) is 9.66. The molecule has 0 aliphatic carbocycles. The first-order valence-electron chi connectivity index (χ1n) is 6.33. The van der Waals surface area contributed by atoms with Crippen LogP contribution in [-0.2, 0) is 0 Å². The van der Waals surface area contributed by atoms with Crippen molar-refractivity contribution in [3.8, 4) is 0 Å². The molecule has 0 saturated heterocycles. The molecule has 20 heavy (non-hydrogen) atoms. The van der Waals surface area contributed by atoms with Crippen LogP contribution in [0.3, 0.4) is 0 Å². The molecule has 1 amide bonds. The Bertz CT molecular complexity index is 767. The predicted octanol–water partition coefficient (Wildman–Crippen LogP) is 2.83. The fourth-order valence-electron chi connectivity index (χ4n) is 2.20. The van der Waals surface area contributed by atoms with Crippen molar-refractivity contribution in [1.29, 1.82) is 0 Å². The minimum atomic E-state index is -0.179. The van der Waals surface area contributed by atoms with Gasteiger partial charge in [0, 0.05) is 11.6 Å². The number of amides is 1. The van der Waals surface area contributed by atoms with E-state index in [1.807, 2.05) is 38.1 Å². The third kappa shape index (κ3) is 2.03. The molecule has 0 radical (unpaired) electrons. The molecule has 2 aromatic heterocycles. The number of aromatic nitrogens is 3. The number of aryl methyl sites for hydroxylation is 2. The molecular formula is C15H14N4O. The average molecular weight is 266 g/mol. The molecule has 0 spiro atoms. The fourth-order valence-corrected chi connectivity index (χ4v) is 2.20. The van der Waals surface area contributed by atoms with Crippen LogP contribution in [0.15, 0.2) is 36.5 Å². The van der Waals surface area contributed by atoms with Crippen molar-refractivity contribution in [2.45, 2.75) is 13.8 Å². The van der Waals surface area contributed by atoms with Gasteiger partial charge in [0.15, 0.2) is 0 Å². The Hall–Kier alpha value is -2.69. The van der Waals surface area contributed by atoms with E-state index in [1.165, 1.54) is 0 Å². The van der Waals surface area contributed by atoms with Gasteiger partial charge in [-0.05, 0) is 26.0 Å². The highest BCUT2D eigenvalue weighted by molar-refractivity contribution is 6.12. The molecule has 0 atom stereocenters. The van der Waals surface area contributed by atoms with Crippen molar-refractivity contribution in [3.63, 3.8) is 0 Å². The molecule has 0 fully saturated rings. The number of hydrogen-bond donors (Lipinski definition) is 2. The van der Waals surface area contributed by atoms with Gasteiger partial charge in [0.2, 0.25) is 0 Å². The number of pyridine rings is 1. The molecule has 0 saturated carbocycles. The Balaban J connectivity index is 2.01. The summed E-state index contributed by atoms with van der Waals surface area (Å²) >= 11 is 0. The standard InChI is InChI=1S/C15H14N4O/c1-9-13(10(2)19-18-9)17-15(20)12-7-3-5-11-6-4-8-16-14(11)12/h3-8H,1-2H3,(H,17,20)(H,18,19). The molecule has 1 aromatic carbocycles. The van der Waals surface area contributed by atoms with Crippen LogP contribution >= 0.6 is 0 Å². The second-order valence-electron chi connectivity index (χ2n) is 4.64. The Morgan fingerprint density at radius 1 is 1.20 bits per heavy atom. The molecule has 0 aliphatic rings. The van der Waals surface area contributed by atoms with E-state index in [2.05, 4.69) is 20.5 Å². The Labute approximate surface area is 116 Å². The van der Waals surface area contributed by atoms with E-state index in [0.29, 0.717) is 11.1 Å². The fraction of sp³-hybridized carbons (Fsp3) is 0.133. The Morgan fingerprint density at radius 2 is 2.00 bits per heavy atom. The molecule has 5 nitrogen and oxygen atoms in total. The summed E-state index contributed by atoms with van der Waals surface area (Å²) in [5.74, 6) is -0.179. The van der Waals surface area contributed by atoms with Crippen LogP contribution in [0.2, 0.25) is 0 Å². The lowest BCUT2D eigenvalue weighted by atomic mass is 10.1. The van der Waals surface area contributed by atoms with Gasteiger partial charge in [-0.25, -0.2) is 0 Å². The maximum atomic E-state index is 12.4. The number of hydrogen-bond acceptors (Lipinski definition) is 3. The SMILES string of the molecule is Cc1n[nH]c(C)c1NC(=O)c1cccc2cccnc12. The summed E-state index contributed by atoms with van der Waals surface area (Å²) < 4.78 is 0.